The lowest BCUT2D eigenvalue weighted by atomic mass is 9.94. The summed E-state index contributed by atoms with van der Waals surface area (Å²) >= 11 is 3.42. The van der Waals surface area contributed by atoms with Crippen molar-refractivity contribution in [1.29, 1.82) is 0 Å². The number of amides is 1. The molecule has 1 unspecified atom stereocenters. The zero-order valence-corrected chi connectivity index (χ0v) is 18.9. The molecule has 1 N–H and O–H groups in total. The van der Waals surface area contributed by atoms with Crippen molar-refractivity contribution in [3.05, 3.63) is 99.3 Å². The summed E-state index contributed by atoms with van der Waals surface area (Å²) in [5, 5.41) is 11.1. The minimum absolute atomic E-state index is 0.0637. The molecule has 1 atom stereocenters. The summed E-state index contributed by atoms with van der Waals surface area (Å²) in [6.07, 6.45) is 0. The number of carbonyl (C=O) groups is 2. The van der Waals surface area contributed by atoms with Gasteiger partial charge in [-0.1, -0.05) is 40.2 Å². The summed E-state index contributed by atoms with van der Waals surface area (Å²) in [5.74, 6) is -1.84. The van der Waals surface area contributed by atoms with Crippen molar-refractivity contribution in [2.24, 2.45) is 0 Å². The molecule has 0 spiro atoms. The number of ether oxygens (including phenoxy) is 1. The first-order chi connectivity index (χ1) is 15.3. The van der Waals surface area contributed by atoms with E-state index in [9.17, 15) is 19.1 Å². The normalized spacial score (nSPS) is 17.6. The number of halogens is 2. The Hall–Kier alpha value is -3.45. The summed E-state index contributed by atoms with van der Waals surface area (Å²) in [5.41, 5.74) is 2.11. The Labute approximate surface area is 192 Å². The van der Waals surface area contributed by atoms with Crippen LogP contribution in [0.5, 0.6) is 5.75 Å². The van der Waals surface area contributed by atoms with Crippen LogP contribution in [0.4, 0.5) is 10.1 Å². The zero-order valence-electron chi connectivity index (χ0n) is 17.3. The molecule has 1 fully saturated rings. The molecule has 0 aromatic heterocycles. The average molecular weight is 496 g/mol. The maximum absolute atomic E-state index is 13.6. The van der Waals surface area contributed by atoms with E-state index in [1.807, 2.05) is 6.92 Å². The van der Waals surface area contributed by atoms with Crippen LogP contribution in [0.15, 0.2) is 76.8 Å². The van der Waals surface area contributed by atoms with E-state index in [1.54, 1.807) is 42.5 Å². The lowest BCUT2D eigenvalue weighted by Crippen LogP contribution is -2.29. The van der Waals surface area contributed by atoms with E-state index in [0.29, 0.717) is 22.6 Å². The van der Waals surface area contributed by atoms with Gasteiger partial charge in [-0.15, -0.1) is 0 Å². The number of benzene rings is 3. The SMILES string of the molecule is COc1cccc(N2C(=O)C(=O)/C(=C(/O)c3ccc(Br)c(C)c3)C2c2ccc(F)cc2)c1. The van der Waals surface area contributed by atoms with Crippen LogP contribution in [-0.4, -0.2) is 23.9 Å². The molecule has 5 nitrogen and oxygen atoms in total. The minimum Gasteiger partial charge on any atom is -0.507 e. The van der Waals surface area contributed by atoms with Gasteiger partial charge in [0.25, 0.3) is 11.7 Å². The first-order valence-corrected chi connectivity index (χ1v) is 10.6. The van der Waals surface area contributed by atoms with Gasteiger partial charge in [-0.05, 0) is 54.4 Å². The van der Waals surface area contributed by atoms with Gasteiger partial charge >= 0.3 is 0 Å². The van der Waals surface area contributed by atoms with E-state index in [4.69, 9.17) is 4.74 Å². The molecule has 4 rings (SSSR count). The molecule has 1 heterocycles. The van der Waals surface area contributed by atoms with Crippen molar-refractivity contribution in [3.63, 3.8) is 0 Å². The van der Waals surface area contributed by atoms with E-state index in [1.165, 1.54) is 36.3 Å². The topological polar surface area (TPSA) is 66.8 Å². The van der Waals surface area contributed by atoms with Gasteiger partial charge in [0, 0.05) is 21.8 Å². The highest BCUT2D eigenvalue weighted by Crippen LogP contribution is 2.43. The molecule has 1 aliphatic heterocycles. The molecule has 162 valence electrons. The number of anilines is 1. The molecule has 0 saturated carbocycles. The Bertz CT molecular complexity index is 1250. The number of hydrogen-bond donors (Lipinski definition) is 1. The third kappa shape index (κ3) is 3.80. The second kappa shape index (κ2) is 8.59. The Morgan fingerprint density at radius 2 is 1.78 bits per heavy atom. The van der Waals surface area contributed by atoms with Gasteiger partial charge in [0.15, 0.2) is 0 Å². The van der Waals surface area contributed by atoms with E-state index in [-0.39, 0.29) is 11.3 Å². The molecule has 1 saturated heterocycles. The quantitative estimate of drug-likeness (QED) is 0.293. The van der Waals surface area contributed by atoms with Crippen molar-refractivity contribution in [3.8, 4) is 5.75 Å². The highest BCUT2D eigenvalue weighted by molar-refractivity contribution is 9.10. The van der Waals surface area contributed by atoms with Crippen LogP contribution in [0, 0.1) is 12.7 Å². The second-order valence-electron chi connectivity index (χ2n) is 7.39. The molecule has 3 aromatic rings. The lowest BCUT2D eigenvalue weighted by Gasteiger charge is -2.25. The standard InChI is InChI=1S/C25H19BrFNO4/c1-14-12-16(8-11-20(14)26)23(29)21-22(15-6-9-17(27)10-7-15)28(25(31)24(21)30)18-4-3-5-19(13-18)32-2/h3-13,22,29H,1-2H3/b23-21+. The predicted octanol–water partition coefficient (Wildman–Crippen LogP) is 5.53. The zero-order chi connectivity index (χ0) is 23.0. The van der Waals surface area contributed by atoms with Gasteiger partial charge < -0.3 is 9.84 Å². The number of Topliss-reactive ketones (excluding diaryl/α,β-unsaturated/α-hetero) is 1. The van der Waals surface area contributed by atoms with Gasteiger partial charge in [0.1, 0.15) is 17.3 Å². The fraction of sp³-hybridized carbons (Fsp3) is 0.120. The molecule has 1 aliphatic rings. The molecule has 0 radical (unpaired) electrons. The Morgan fingerprint density at radius 1 is 1.06 bits per heavy atom. The summed E-state index contributed by atoms with van der Waals surface area (Å²) < 4.78 is 19.7. The molecule has 3 aromatic carbocycles. The van der Waals surface area contributed by atoms with E-state index in [2.05, 4.69) is 15.9 Å². The first-order valence-electron chi connectivity index (χ1n) is 9.79. The summed E-state index contributed by atoms with van der Waals surface area (Å²) in [6, 6.07) is 16.4. The van der Waals surface area contributed by atoms with Crippen molar-refractivity contribution in [2.45, 2.75) is 13.0 Å². The number of rotatable bonds is 4. The summed E-state index contributed by atoms with van der Waals surface area (Å²) in [6.45, 7) is 1.85. The number of aliphatic hydroxyl groups excluding tert-OH is 1. The van der Waals surface area contributed by atoms with Crippen LogP contribution in [0.1, 0.15) is 22.7 Å². The van der Waals surface area contributed by atoms with Gasteiger partial charge in [0.05, 0.1) is 18.7 Å². The average Bonchev–Trinajstić information content (AvgIpc) is 3.06. The number of carbonyl (C=O) groups excluding carboxylic acids is 2. The minimum atomic E-state index is -0.938. The van der Waals surface area contributed by atoms with E-state index >= 15 is 0 Å². The van der Waals surface area contributed by atoms with Gasteiger partial charge in [0.2, 0.25) is 0 Å². The first kappa shape index (κ1) is 21.8. The molecule has 0 aliphatic carbocycles. The molecule has 1 amide bonds. The number of nitrogens with zero attached hydrogens (tertiary/aromatic N) is 1. The van der Waals surface area contributed by atoms with Gasteiger partial charge in [-0.2, -0.15) is 0 Å². The Morgan fingerprint density at radius 3 is 2.44 bits per heavy atom. The monoisotopic (exact) mass is 495 g/mol. The van der Waals surface area contributed by atoms with Gasteiger partial charge in [-0.3, -0.25) is 14.5 Å². The number of ketones is 1. The number of aryl methyl sites for hydroxylation is 1. The largest absolute Gasteiger partial charge is 0.507 e. The third-order valence-electron chi connectivity index (χ3n) is 5.39. The van der Waals surface area contributed by atoms with Gasteiger partial charge in [-0.25, -0.2) is 4.39 Å². The lowest BCUT2D eigenvalue weighted by molar-refractivity contribution is -0.132. The molecular weight excluding hydrogens is 477 g/mol. The summed E-state index contributed by atoms with van der Waals surface area (Å²) in [7, 11) is 1.50. The highest BCUT2D eigenvalue weighted by atomic mass is 79.9. The van der Waals surface area contributed by atoms with Crippen LogP contribution >= 0.6 is 15.9 Å². The maximum Gasteiger partial charge on any atom is 0.300 e. The maximum atomic E-state index is 13.6. The fourth-order valence-electron chi connectivity index (χ4n) is 3.77. The van der Waals surface area contributed by atoms with Crippen LogP contribution in [0.2, 0.25) is 0 Å². The number of hydrogen-bond acceptors (Lipinski definition) is 4. The molecular formula is C25H19BrFNO4. The number of aliphatic hydroxyl groups is 1. The Kier molecular flexibility index (Phi) is 5.84. The van der Waals surface area contributed by atoms with Crippen molar-refractivity contribution >= 4 is 39.1 Å². The van der Waals surface area contributed by atoms with Crippen molar-refractivity contribution in [1.82, 2.24) is 0 Å². The van der Waals surface area contributed by atoms with Crippen molar-refractivity contribution in [2.75, 3.05) is 12.0 Å². The molecule has 7 heteroatoms. The van der Waals surface area contributed by atoms with E-state index in [0.717, 1.165) is 10.0 Å². The summed E-state index contributed by atoms with van der Waals surface area (Å²) in [4.78, 5) is 27.6. The molecule has 0 bridgehead atoms. The van der Waals surface area contributed by atoms with Crippen LogP contribution in [-0.2, 0) is 9.59 Å². The van der Waals surface area contributed by atoms with E-state index < -0.39 is 23.5 Å². The van der Waals surface area contributed by atoms with Crippen LogP contribution in [0.3, 0.4) is 0 Å². The molecule has 32 heavy (non-hydrogen) atoms. The second-order valence-corrected chi connectivity index (χ2v) is 8.24. The predicted molar refractivity (Wildman–Crippen MR) is 123 cm³/mol. The van der Waals surface area contributed by atoms with Crippen LogP contribution in [0.25, 0.3) is 5.76 Å². The fourth-order valence-corrected chi connectivity index (χ4v) is 4.01. The highest BCUT2D eigenvalue weighted by Gasteiger charge is 2.47. The smallest absolute Gasteiger partial charge is 0.300 e. The van der Waals surface area contributed by atoms with Crippen LogP contribution < -0.4 is 9.64 Å². The third-order valence-corrected chi connectivity index (χ3v) is 6.28. The van der Waals surface area contributed by atoms with Crippen molar-refractivity contribution < 1.29 is 23.8 Å². The number of methoxy groups -OCH3 is 1. The Balaban J connectivity index is 1.95.